The number of halogens is 1. The van der Waals surface area contributed by atoms with E-state index in [2.05, 4.69) is 12.2 Å². The van der Waals surface area contributed by atoms with Gasteiger partial charge in [0, 0.05) is 6.54 Å². The summed E-state index contributed by atoms with van der Waals surface area (Å²) in [5, 5.41) is 12.6. The lowest BCUT2D eigenvalue weighted by Gasteiger charge is -2.42. The summed E-state index contributed by atoms with van der Waals surface area (Å²) >= 11 is 0. The number of phenols is 1. The normalized spacial score (nSPS) is 26.2. The van der Waals surface area contributed by atoms with Gasteiger partial charge in [0.25, 0.3) is 5.91 Å². The molecular weight excluding hydrogens is 259 g/mol. The molecule has 4 N–H and O–H groups in total. The summed E-state index contributed by atoms with van der Waals surface area (Å²) in [6.45, 7) is 2.41. The third-order valence-corrected chi connectivity index (χ3v) is 4.38. The van der Waals surface area contributed by atoms with Gasteiger partial charge in [-0.25, -0.2) is 4.39 Å². The lowest BCUT2D eigenvalue weighted by atomic mass is 9.73. The summed E-state index contributed by atoms with van der Waals surface area (Å²) in [4.78, 5) is 12.3. The topological polar surface area (TPSA) is 75.3 Å². The van der Waals surface area contributed by atoms with Crippen LogP contribution in [-0.4, -0.2) is 23.1 Å². The molecule has 5 heteroatoms. The highest BCUT2D eigenvalue weighted by Crippen LogP contribution is 2.33. The molecule has 0 saturated heterocycles. The number of nitrogens with two attached hydrogens (primary N) is 1. The second-order valence-electron chi connectivity index (χ2n) is 5.62. The predicted molar refractivity (Wildman–Crippen MR) is 74.9 cm³/mol. The van der Waals surface area contributed by atoms with E-state index in [0.29, 0.717) is 6.54 Å². The number of amides is 1. The highest BCUT2D eigenvalue weighted by molar-refractivity contribution is 5.97. The van der Waals surface area contributed by atoms with E-state index in [0.717, 1.165) is 37.8 Å². The first-order valence-electron chi connectivity index (χ1n) is 6.99. The molecule has 20 heavy (non-hydrogen) atoms. The lowest BCUT2D eigenvalue weighted by molar-refractivity contribution is 0.0809. The van der Waals surface area contributed by atoms with Crippen LogP contribution in [0.2, 0.25) is 0 Å². The van der Waals surface area contributed by atoms with Crippen molar-refractivity contribution in [3.05, 3.63) is 29.6 Å². The molecule has 2 atom stereocenters. The van der Waals surface area contributed by atoms with Crippen molar-refractivity contribution < 1.29 is 14.3 Å². The minimum absolute atomic E-state index is 0.0457. The van der Waals surface area contributed by atoms with Gasteiger partial charge in [0.15, 0.2) is 0 Å². The van der Waals surface area contributed by atoms with Crippen molar-refractivity contribution in [2.75, 3.05) is 6.54 Å². The molecule has 0 radical (unpaired) electrons. The standard InChI is InChI=1S/C15H21FN2O2/c1-10-4-2-3-7-15(10,9-17)18-14(20)12-8-11(16)5-6-13(12)19/h5-6,8,10,19H,2-4,7,9,17H2,1H3,(H,18,20). The van der Waals surface area contributed by atoms with Gasteiger partial charge in [-0.1, -0.05) is 19.8 Å². The number of carbonyl (C=O) groups excluding carboxylic acids is 1. The van der Waals surface area contributed by atoms with Crippen LogP contribution in [0, 0.1) is 11.7 Å². The van der Waals surface area contributed by atoms with Crippen LogP contribution in [0.5, 0.6) is 5.75 Å². The second kappa shape index (κ2) is 5.79. The molecule has 2 rings (SSSR count). The van der Waals surface area contributed by atoms with Crippen LogP contribution < -0.4 is 11.1 Å². The van der Waals surface area contributed by atoms with Gasteiger partial charge in [0.05, 0.1) is 11.1 Å². The zero-order chi connectivity index (χ0) is 14.8. The number of nitrogens with one attached hydrogen (secondary N) is 1. The molecule has 1 saturated carbocycles. The molecule has 4 nitrogen and oxygen atoms in total. The number of benzene rings is 1. The van der Waals surface area contributed by atoms with Gasteiger partial charge in [0.2, 0.25) is 0 Å². The molecular formula is C15H21FN2O2. The van der Waals surface area contributed by atoms with Crippen molar-refractivity contribution in [1.82, 2.24) is 5.32 Å². The first-order chi connectivity index (χ1) is 9.48. The van der Waals surface area contributed by atoms with Crippen molar-refractivity contribution in [3.8, 4) is 5.75 Å². The van der Waals surface area contributed by atoms with Gasteiger partial charge >= 0.3 is 0 Å². The SMILES string of the molecule is CC1CCCCC1(CN)NC(=O)c1cc(F)ccc1O. The van der Waals surface area contributed by atoms with Gasteiger partial charge in [0.1, 0.15) is 11.6 Å². The van der Waals surface area contributed by atoms with Crippen LogP contribution in [0.15, 0.2) is 18.2 Å². The zero-order valence-corrected chi connectivity index (χ0v) is 11.7. The maximum Gasteiger partial charge on any atom is 0.255 e. The molecule has 1 aliphatic carbocycles. The fraction of sp³-hybridized carbons (Fsp3) is 0.533. The van der Waals surface area contributed by atoms with Gasteiger partial charge in [-0.3, -0.25) is 4.79 Å². The van der Waals surface area contributed by atoms with E-state index in [-0.39, 0.29) is 17.2 Å². The van der Waals surface area contributed by atoms with Crippen LogP contribution in [0.25, 0.3) is 0 Å². The fourth-order valence-corrected chi connectivity index (χ4v) is 2.94. The van der Waals surface area contributed by atoms with Crippen molar-refractivity contribution in [2.45, 2.75) is 38.1 Å². The van der Waals surface area contributed by atoms with Crippen LogP contribution in [-0.2, 0) is 0 Å². The van der Waals surface area contributed by atoms with Crippen molar-refractivity contribution in [3.63, 3.8) is 0 Å². The van der Waals surface area contributed by atoms with Gasteiger partial charge in [-0.15, -0.1) is 0 Å². The van der Waals surface area contributed by atoms with E-state index < -0.39 is 17.3 Å². The van der Waals surface area contributed by atoms with E-state index >= 15 is 0 Å². The highest BCUT2D eigenvalue weighted by Gasteiger charge is 2.38. The maximum atomic E-state index is 13.2. The van der Waals surface area contributed by atoms with Crippen molar-refractivity contribution >= 4 is 5.91 Å². The van der Waals surface area contributed by atoms with Crippen LogP contribution >= 0.6 is 0 Å². The van der Waals surface area contributed by atoms with Gasteiger partial charge < -0.3 is 16.2 Å². The monoisotopic (exact) mass is 280 g/mol. The average Bonchev–Trinajstić information content (AvgIpc) is 2.44. The molecule has 0 aliphatic heterocycles. The van der Waals surface area contributed by atoms with E-state index in [4.69, 9.17) is 5.73 Å². The third kappa shape index (κ3) is 2.77. The summed E-state index contributed by atoms with van der Waals surface area (Å²) in [6, 6.07) is 3.35. The number of phenolic OH excluding ortho intramolecular Hbond substituents is 1. The Hall–Kier alpha value is -1.62. The van der Waals surface area contributed by atoms with Gasteiger partial charge in [-0.2, -0.15) is 0 Å². The summed E-state index contributed by atoms with van der Waals surface area (Å²) in [5.74, 6) is -0.979. The Kier molecular flexibility index (Phi) is 4.28. The summed E-state index contributed by atoms with van der Waals surface area (Å²) in [7, 11) is 0. The third-order valence-electron chi connectivity index (χ3n) is 4.38. The Morgan fingerprint density at radius 3 is 2.95 bits per heavy atom. The molecule has 1 aromatic carbocycles. The van der Waals surface area contributed by atoms with Crippen molar-refractivity contribution in [1.29, 1.82) is 0 Å². The number of carbonyl (C=O) groups is 1. The lowest BCUT2D eigenvalue weighted by Crippen LogP contribution is -2.59. The molecule has 0 heterocycles. The second-order valence-corrected chi connectivity index (χ2v) is 5.62. The zero-order valence-electron chi connectivity index (χ0n) is 11.7. The summed E-state index contributed by atoms with van der Waals surface area (Å²) in [5.41, 5.74) is 5.36. The Morgan fingerprint density at radius 1 is 1.55 bits per heavy atom. The maximum absolute atomic E-state index is 13.2. The van der Waals surface area contributed by atoms with Crippen LogP contribution in [0.4, 0.5) is 4.39 Å². The predicted octanol–water partition coefficient (Wildman–Crippen LogP) is 2.17. The molecule has 0 bridgehead atoms. The molecule has 0 aromatic heterocycles. The smallest absolute Gasteiger partial charge is 0.255 e. The molecule has 1 fully saturated rings. The molecule has 110 valence electrons. The number of rotatable bonds is 3. The van der Waals surface area contributed by atoms with Gasteiger partial charge in [-0.05, 0) is 37.0 Å². The minimum Gasteiger partial charge on any atom is -0.507 e. The number of hydrogen-bond acceptors (Lipinski definition) is 3. The van der Waals surface area contributed by atoms with E-state index in [1.807, 2.05) is 0 Å². The average molecular weight is 280 g/mol. The molecule has 1 amide bonds. The molecule has 0 spiro atoms. The summed E-state index contributed by atoms with van der Waals surface area (Å²) in [6.07, 6.45) is 3.96. The fourth-order valence-electron chi connectivity index (χ4n) is 2.94. The number of aromatic hydroxyl groups is 1. The van der Waals surface area contributed by atoms with Crippen LogP contribution in [0.3, 0.4) is 0 Å². The Balaban J connectivity index is 2.23. The van der Waals surface area contributed by atoms with Crippen molar-refractivity contribution in [2.24, 2.45) is 11.7 Å². The summed E-state index contributed by atoms with van der Waals surface area (Å²) < 4.78 is 13.2. The molecule has 1 aliphatic rings. The van der Waals surface area contributed by atoms with E-state index in [1.165, 1.54) is 6.07 Å². The highest BCUT2D eigenvalue weighted by atomic mass is 19.1. The molecule has 1 aromatic rings. The Morgan fingerprint density at radius 2 is 2.30 bits per heavy atom. The Bertz CT molecular complexity index is 507. The molecule has 2 unspecified atom stereocenters. The quantitative estimate of drug-likeness (QED) is 0.794. The van der Waals surface area contributed by atoms with E-state index in [9.17, 15) is 14.3 Å². The van der Waals surface area contributed by atoms with Crippen LogP contribution in [0.1, 0.15) is 43.0 Å². The minimum atomic E-state index is -0.550. The first-order valence-corrected chi connectivity index (χ1v) is 6.99. The Labute approximate surface area is 118 Å². The number of hydrogen-bond donors (Lipinski definition) is 3. The first kappa shape index (κ1) is 14.8. The largest absolute Gasteiger partial charge is 0.507 e. The van der Waals surface area contributed by atoms with E-state index in [1.54, 1.807) is 0 Å².